The molecule has 0 fully saturated rings. The highest BCUT2D eigenvalue weighted by molar-refractivity contribution is 5.38. The lowest BCUT2D eigenvalue weighted by Gasteiger charge is -2.15. The third-order valence-corrected chi connectivity index (χ3v) is 4.35. The Morgan fingerprint density at radius 3 is 2.48 bits per heavy atom. The average molecular weight is 286 g/mol. The van der Waals surface area contributed by atoms with Gasteiger partial charge in [0.1, 0.15) is 0 Å². The molecule has 2 unspecified atom stereocenters. The molecular formula is C18H26N2O. The van der Waals surface area contributed by atoms with Crippen LogP contribution in [-0.4, -0.2) is 14.9 Å². The van der Waals surface area contributed by atoms with Crippen LogP contribution in [0.25, 0.3) is 0 Å². The van der Waals surface area contributed by atoms with Crippen molar-refractivity contribution in [1.82, 2.24) is 9.78 Å². The van der Waals surface area contributed by atoms with Crippen molar-refractivity contribution >= 4 is 0 Å². The highest BCUT2D eigenvalue weighted by Crippen LogP contribution is 2.24. The van der Waals surface area contributed by atoms with Crippen molar-refractivity contribution in [3.8, 4) is 0 Å². The Balaban J connectivity index is 2.16. The number of hydrogen-bond acceptors (Lipinski definition) is 2. The first-order chi connectivity index (χ1) is 9.92. The van der Waals surface area contributed by atoms with E-state index in [9.17, 15) is 5.11 Å². The lowest BCUT2D eigenvalue weighted by molar-refractivity contribution is 0.176. The van der Waals surface area contributed by atoms with Crippen LogP contribution in [0, 0.1) is 20.8 Å². The summed E-state index contributed by atoms with van der Waals surface area (Å²) < 4.78 is 1.98. The molecule has 0 spiro atoms. The van der Waals surface area contributed by atoms with Gasteiger partial charge in [0.25, 0.3) is 0 Å². The van der Waals surface area contributed by atoms with Crippen molar-refractivity contribution < 1.29 is 5.11 Å². The van der Waals surface area contributed by atoms with E-state index in [4.69, 9.17) is 0 Å². The minimum absolute atomic E-state index is 0.402. The Bertz CT molecular complexity index is 616. The third kappa shape index (κ3) is 3.53. The maximum absolute atomic E-state index is 10.5. The van der Waals surface area contributed by atoms with Crippen LogP contribution >= 0.6 is 0 Å². The average Bonchev–Trinajstić information content (AvgIpc) is 2.90. The highest BCUT2D eigenvalue weighted by atomic mass is 16.3. The van der Waals surface area contributed by atoms with E-state index in [0.717, 1.165) is 23.2 Å². The van der Waals surface area contributed by atoms with E-state index < -0.39 is 6.10 Å². The second kappa shape index (κ2) is 6.44. The van der Waals surface area contributed by atoms with Gasteiger partial charge in [0.05, 0.1) is 11.8 Å². The van der Waals surface area contributed by atoms with Gasteiger partial charge in [-0.2, -0.15) is 5.10 Å². The summed E-state index contributed by atoms with van der Waals surface area (Å²) in [5.74, 6) is 0. The van der Waals surface area contributed by atoms with E-state index in [0.29, 0.717) is 12.5 Å². The number of benzene rings is 1. The lowest BCUT2D eigenvalue weighted by Crippen LogP contribution is -2.08. The summed E-state index contributed by atoms with van der Waals surface area (Å²) in [5, 5.41) is 15.1. The molecule has 1 aromatic carbocycles. The summed E-state index contributed by atoms with van der Waals surface area (Å²) in [5.41, 5.74) is 5.59. The molecule has 0 aliphatic heterocycles. The Morgan fingerprint density at radius 2 is 1.81 bits per heavy atom. The van der Waals surface area contributed by atoms with Crippen molar-refractivity contribution in [1.29, 1.82) is 0 Å². The van der Waals surface area contributed by atoms with Gasteiger partial charge < -0.3 is 5.11 Å². The van der Waals surface area contributed by atoms with Crippen molar-refractivity contribution in [3.63, 3.8) is 0 Å². The molecule has 21 heavy (non-hydrogen) atoms. The van der Waals surface area contributed by atoms with Crippen LogP contribution in [0.5, 0.6) is 0 Å². The first-order valence-corrected chi connectivity index (χ1v) is 7.72. The molecule has 1 N–H and O–H groups in total. The van der Waals surface area contributed by atoms with Gasteiger partial charge in [-0.3, -0.25) is 4.68 Å². The molecule has 2 atom stereocenters. The van der Waals surface area contributed by atoms with Crippen LogP contribution in [0.1, 0.15) is 60.4 Å². The summed E-state index contributed by atoms with van der Waals surface area (Å²) >= 11 is 0. The molecule has 2 aromatic rings. The maximum atomic E-state index is 10.5. The topological polar surface area (TPSA) is 38.0 Å². The number of aromatic nitrogens is 2. The molecule has 0 saturated carbocycles. The fourth-order valence-electron chi connectivity index (χ4n) is 2.57. The Kier molecular flexibility index (Phi) is 4.84. The fourth-order valence-corrected chi connectivity index (χ4v) is 2.57. The minimum atomic E-state index is -0.496. The van der Waals surface area contributed by atoms with E-state index in [1.807, 2.05) is 16.9 Å². The van der Waals surface area contributed by atoms with Gasteiger partial charge in [0, 0.05) is 18.7 Å². The second-order valence-electron chi connectivity index (χ2n) is 6.06. The molecule has 2 rings (SSSR count). The first-order valence-electron chi connectivity index (χ1n) is 7.72. The predicted molar refractivity (Wildman–Crippen MR) is 86.5 cm³/mol. The Labute approximate surface area is 127 Å². The highest BCUT2D eigenvalue weighted by Gasteiger charge is 2.15. The molecule has 0 bridgehead atoms. The molecule has 0 saturated heterocycles. The van der Waals surface area contributed by atoms with Crippen LogP contribution < -0.4 is 0 Å². The molecule has 3 nitrogen and oxygen atoms in total. The summed E-state index contributed by atoms with van der Waals surface area (Å²) in [7, 11) is 0. The summed E-state index contributed by atoms with van der Waals surface area (Å²) in [6, 6.07) is 6.65. The van der Waals surface area contributed by atoms with Gasteiger partial charge in [0.15, 0.2) is 0 Å². The zero-order valence-electron chi connectivity index (χ0n) is 13.7. The smallest absolute Gasteiger partial charge is 0.0848 e. The van der Waals surface area contributed by atoms with Gasteiger partial charge in [-0.05, 0) is 62.4 Å². The molecule has 0 aliphatic rings. The molecular weight excluding hydrogens is 260 g/mol. The van der Waals surface area contributed by atoms with Crippen molar-refractivity contribution in [3.05, 3.63) is 52.3 Å². The maximum Gasteiger partial charge on any atom is 0.0848 e. The van der Waals surface area contributed by atoms with Gasteiger partial charge in [-0.25, -0.2) is 0 Å². The minimum Gasteiger partial charge on any atom is -0.388 e. The Hall–Kier alpha value is -1.61. The summed E-state index contributed by atoms with van der Waals surface area (Å²) in [6.07, 6.45) is 3.13. The van der Waals surface area contributed by atoms with Crippen LogP contribution in [0.3, 0.4) is 0 Å². The van der Waals surface area contributed by atoms with E-state index in [1.54, 1.807) is 0 Å². The van der Waals surface area contributed by atoms with E-state index in [1.165, 1.54) is 11.1 Å². The standard InChI is InChI=1S/C18H26N2O/c1-6-15(5)20-8-7-16(19-20)11-18(21)17-10-13(3)12(2)9-14(17)4/h7-10,15,18,21H,6,11H2,1-5H3. The third-order valence-electron chi connectivity index (χ3n) is 4.35. The van der Waals surface area contributed by atoms with Crippen molar-refractivity contribution in [2.24, 2.45) is 0 Å². The predicted octanol–water partition coefficient (Wildman–Crippen LogP) is 4.06. The number of aryl methyl sites for hydroxylation is 3. The van der Waals surface area contributed by atoms with Gasteiger partial charge in [0.2, 0.25) is 0 Å². The number of nitrogens with zero attached hydrogens (tertiary/aromatic N) is 2. The largest absolute Gasteiger partial charge is 0.388 e. The van der Waals surface area contributed by atoms with Crippen molar-refractivity contribution in [2.75, 3.05) is 0 Å². The number of rotatable bonds is 5. The van der Waals surface area contributed by atoms with Gasteiger partial charge in [-0.15, -0.1) is 0 Å². The fraction of sp³-hybridized carbons (Fsp3) is 0.500. The molecule has 114 valence electrons. The zero-order chi connectivity index (χ0) is 15.6. The Morgan fingerprint density at radius 1 is 1.14 bits per heavy atom. The van der Waals surface area contributed by atoms with Crippen LogP contribution in [0.15, 0.2) is 24.4 Å². The van der Waals surface area contributed by atoms with E-state index in [2.05, 4.69) is 51.9 Å². The second-order valence-corrected chi connectivity index (χ2v) is 6.06. The van der Waals surface area contributed by atoms with E-state index >= 15 is 0 Å². The van der Waals surface area contributed by atoms with Crippen molar-refractivity contribution in [2.45, 2.75) is 59.6 Å². The van der Waals surface area contributed by atoms with Crippen LogP contribution in [0.2, 0.25) is 0 Å². The molecule has 1 heterocycles. The first kappa shape index (κ1) is 15.8. The molecule has 0 amide bonds. The molecule has 1 aromatic heterocycles. The van der Waals surface area contributed by atoms with Gasteiger partial charge >= 0.3 is 0 Å². The summed E-state index contributed by atoms with van der Waals surface area (Å²) in [4.78, 5) is 0. The molecule has 3 heteroatoms. The number of hydrogen-bond donors (Lipinski definition) is 1. The van der Waals surface area contributed by atoms with Crippen LogP contribution in [0.4, 0.5) is 0 Å². The quantitative estimate of drug-likeness (QED) is 0.900. The normalized spacial score (nSPS) is 14.2. The van der Waals surface area contributed by atoms with E-state index in [-0.39, 0.29) is 0 Å². The number of aliphatic hydroxyl groups excluding tert-OH is 1. The monoisotopic (exact) mass is 286 g/mol. The zero-order valence-corrected chi connectivity index (χ0v) is 13.7. The lowest BCUT2D eigenvalue weighted by atomic mass is 9.95. The summed E-state index contributed by atoms with van der Waals surface area (Å²) in [6.45, 7) is 10.6. The molecule has 0 radical (unpaired) electrons. The number of aliphatic hydroxyl groups is 1. The SMILES string of the molecule is CCC(C)n1ccc(CC(O)c2cc(C)c(C)cc2C)n1. The molecule has 0 aliphatic carbocycles. The van der Waals surface area contributed by atoms with Crippen LogP contribution in [-0.2, 0) is 6.42 Å². The van der Waals surface area contributed by atoms with Gasteiger partial charge in [-0.1, -0.05) is 19.1 Å².